The van der Waals surface area contributed by atoms with Crippen LogP contribution in [0.15, 0.2) is 18.2 Å². The molecular weight excluding hydrogens is 270 g/mol. The summed E-state index contributed by atoms with van der Waals surface area (Å²) in [6.07, 6.45) is 2.02. The van der Waals surface area contributed by atoms with Crippen molar-refractivity contribution in [3.63, 3.8) is 0 Å². The van der Waals surface area contributed by atoms with Crippen molar-refractivity contribution in [2.24, 2.45) is 0 Å². The number of hydrogen-bond acceptors (Lipinski definition) is 3. The number of hydrogen-bond donors (Lipinski definition) is 3. The molecule has 0 unspecified atom stereocenters. The topological polar surface area (TPSA) is 82.7 Å². The lowest BCUT2D eigenvalue weighted by molar-refractivity contribution is 0.0697. The molecular formula is C16H21NO4. The Kier molecular flexibility index (Phi) is 4.98. The molecule has 0 amide bonds. The van der Waals surface area contributed by atoms with Crippen LogP contribution in [-0.2, 0) is 13.0 Å². The minimum atomic E-state index is -0.939. The van der Waals surface area contributed by atoms with Crippen molar-refractivity contribution in [3.8, 4) is 0 Å². The molecule has 5 heteroatoms. The summed E-state index contributed by atoms with van der Waals surface area (Å²) >= 11 is 0. The van der Waals surface area contributed by atoms with Gasteiger partial charge < -0.3 is 19.9 Å². The normalized spacial score (nSPS) is 11.2. The minimum Gasteiger partial charge on any atom is -0.478 e. The van der Waals surface area contributed by atoms with Crippen LogP contribution in [0.4, 0.5) is 0 Å². The molecule has 5 nitrogen and oxygen atoms in total. The maximum Gasteiger partial charge on any atom is 0.335 e. The van der Waals surface area contributed by atoms with Gasteiger partial charge in [-0.1, -0.05) is 0 Å². The number of rotatable bonds is 7. The molecule has 2 aromatic rings. The van der Waals surface area contributed by atoms with E-state index in [0.717, 1.165) is 22.2 Å². The SMILES string of the molecule is Cc1c(CCCO)c2cc(C(=O)O)ccc2n1CCCO. The van der Waals surface area contributed by atoms with Gasteiger partial charge in [-0.25, -0.2) is 4.79 Å². The first-order chi connectivity index (χ1) is 10.1. The Hall–Kier alpha value is -1.85. The Bertz CT molecular complexity index is 645. The Morgan fingerprint density at radius 2 is 1.90 bits per heavy atom. The summed E-state index contributed by atoms with van der Waals surface area (Å²) in [5, 5.41) is 28.2. The third-order valence-electron chi connectivity index (χ3n) is 3.83. The molecule has 2 rings (SSSR count). The number of fused-ring (bicyclic) bond motifs is 1. The molecule has 0 aliphatic rings. The summed E-state index contributed by atoms with van der Waals surface area (Å²) in [5.41, 5.74) is 3.42. The van der Waals surface area contributed by atoms with Gasteiger partial charge in [-0.05, 0) is 49.9 Å². The van der Waals surface area contributed by atoms with Gasteiger partial charge in [0.2, 0.25) is 0 Å². The number of benzene rings is 1. The van der Waals surface area contributed by atoms with E-state index in [-0.39, 0.29) is 18.8 Å². The van der Waals surface area contributed by atoms with E-state index in [2.05, 4.69) is 4.57 Å². The van der Waals surface area contributed by atoms with Crippen LogP contribution in [0, 0.1) is 6.92 Å². The van der Waals surface area contributed by atoms with Crippen molar-refractivity contribution < 1.29 is 20.1 Å². The number of carboxylic acid groups (broad SMARTS) is 1. The number of nitrogens with zero attached hydrogens (tertiary/aromatic N) is 1. The van der Waals surface area contributed by atoms with E-state index in [1.54, 1.807) is 12.1 Å². The lowest BCUT2D eigenvalue weighted by Gasteiger charge is -2.07. The van der Waals surface area contributed by atoms with Gasteiger partial charge in [0.1, 0.15) is 0 Å². The highest BCUT2D eigenvalue weighted by molar-refractivity contribution is 5.95. The summed E-state index contributed by atoms with van der Waals surface area (Å²) in [7, 11) is 0. The van der Waals surface area contributed by atoms with Gasteiger partial charge in [-0.3, -0.25) is 0 Å². The first kappa shape index (κ1) is 15.5. The Balaban J connectivity index is 2.57. The second-order valence-corrected chi connectivity index (χ2v) is 5.16. The summed E-state index contributed by atoms with van der Waals surface area (Å²) < 4.78 is 2.11. The van der Waals surface area contributed by atoms with E-state index in [9.17, 15) is 4.79 Å². The molecule has 0 saturated heterocycles. The molecule has 0 aliphatic carbocycles. The zero-order valence-electron chi connectivity index (χ0n) is 12.2. The quantitative estimate of drug-likeness (QED) is 0.728. The monoisotopic (exact) mass is 291 g/mol. The van der Waals surface area contributed by atoms with E-state index >= 15 is 0 Å². The zero-order chi connectivity index (χ0) is 15.4. The number of carboxylic acids is 1. The van der Waals surface area contributed by atoms with E-state index in [1.807, 2.05) is 13.0 Å². The van der Waals surface area contributed by atoms with Gasteiger partial charge in [0, 0.05) is 36.4 Å². The number of aliphatic hydroxyl groups excluding tert-OH is 2. The fourth-order valence-corrected chi connectivity index (χ4v) is 2.77. The zero-order valence-corrected chi connectivity index (χ0v) is 12.2. The van der Waals surface area contributed by atoms with Crippen molar-refractivity contribution in [2.75, 3.05) is 13.2 Å². The van der Waals surface area contributed by atoms with E-state index < -0.39 is 5.97 Å². The summed E-state index contributed by atoms with van der Waals surface area (Å²) in [6, 6.07) is 5.13. The van der Waals surface area contributed by atoms with Crippen LogP contribution in [0.3, 0.4) is 0 Å². The molecule has 21 heavy (non-hydrogen) atoms. The van der Waals surface area contributed by atoms with Crippen LogP contribution in [0.25, 0.3) is 10.9 Å². The largest absolute Gasteiger partial charge is 0.478 e. The number of aliphatic hydroxyl groups is 2. The molecule has 0 aliphatic heterocycles. The summed E-state index contributed by atoms with van der Waals surface area (Å²) in [5.74, 6) is -0.939. The Morgan fingerprint density at radius 3 is 2.52 bits per heavy atom. The average molecular weight is 291 g/mol. The molecule has 3 N–H and O–H groups in total. The van der Waals surface area contributed by atoms with Crippen LogP contribution >= 0.6 is 0 Å². The van der Waals surface area contributed by atoms with Crippen LogP contribution < -0.4 is 0 Å². The molecule has 114 valence electrons. The fraction of sp³-hybridized carbons (Fsp3) is 0.438. The van der Waals surface area contributed by atoms with Gasteiger partial charge in [-0.2, -0.15) is 0 Å². The maximum atomic E-state index is 11.2. The Labute approximate surface area is 123 Å². The lowest BCUT2D eigenvalue weighted by Crippen LogP contribution is -2.03. The first-order valence-corrected chi connectivity index (χ1v) is 7.17. The minimum absolute atomic E-state index is 0.112. The molecule has 0 atom stereocenters. The summed E-state index contributed by atoms with van der Waals surface area (Å²) in [4.78, 5) is 11.2. The standard InChI is InChI=1S/C16H21NO4/c1-11-13(4-2-8-18)14-10-12(16(20)21)5-6-15(14)17(11)7-3-9-19/h5-6,10,18-19H,2-4,7-9H2,1H3,(H,20,21). The number of aromatic carboxylic acids is 1. The van der Waals surface area contributed by atoms with Gasteiger partial charge in [0.05, 0.1) is 5.56 Å². The van der Waals surface area contributed by atoms with Crippen molar-refractivity contribution in [1.29, 1.82) is 0 Å². The van der Waals surface area contributed by atoms with Gasteiger partial charge in [0.15, 0.2) is 0 Å². The Morgan fingerprint density at radius 1 is 1.19 bits per heavy atom. The second-order valence-electron chi connectivity index (χ2n) is 5.16. The van der Waals surface area contributed by atoms with Crippen molar-refractivity contribution in [2.45, 2.75) is 32.7 Å². The molecule has 0 spiro atoms. The fourth-order valence-electron chi connectivity index (χ4n) is 2.77. The molecule has 1 heterocycles. The van der Waals surface area contributed by atoms with E-state index in [4.69, 9.17) is 15.3 Å². The molecule has 0 fully saturated rings. The molecule has 1 aromatic heterocycles. The van der Waals surface area contributed by atoms with Crippen LogP contribution in [-0.4, -0.2) is 39.1 Å². The van der Waals surface area contributed by atoms with Crippen molar-refractivity contribution >= 4 is 16.9 Å². The van der Waals surface area contributed by atoms with E-state index in [1.165, 1.54) is 0 Å². The highest BCUT2D eigenvalue weighted by atomic mass is 16.4. The van der Waals surface area contributed by atoms with Gasteiger partial charge >= 0.3 is 5.97 Å². The molecule has 0 radical (unpaired) electrons. The smallest absolute Gasteiger partial charge is 0.335 e. The van der Waals surface area contributed by atoms with Crippen molar-refractivity contribution in [3.05, 3.63) is 35.0 Å². The van der Waals surface area contributed by atoms with Crippen LogP contribution in [0.1, 0.15) is 34.5 Å². The molecule has 0 saturated carbocycles. The number of aryl methyl sites for hydroxylation is 2. The number of aromatic nitrogens is 1. The van der Waals surface area contributed by atoms with Gasteiger partial charge in [-0.15, -0.1) is 0 Å². The first-order valence-electron chi connectivity index (χ1n) is 7.17. The average Bonchev–Trinajstić information content (AvgIpc) is 2.74. The predicted molar refractivity (Wildman–Crippen MR) is 80.7 cm³/mol. The third kappa shape index (κ3) is 3.09. The highest BCUT2D eigenvalue weighted by Gasteiger charge is 2.15. The van der Waals surface area contributed by atoms with Crippen molar-refractivity contribution in [1.82, 2.24) is 4.57 Å². The van der Waals surface area contributed by atoms with Crippen LogP contribution in [0.5, 0.6) is 0 Å². The lowest BCUT2D eigenvalue weighted by atomic mass is 10.0. The summed E-state index contributed by atoms with van der Waals surface area (Å²) in [6.45, 7) is 2.94. The van der Waals surface area contributed by atoms with Gasteiger partial charge in [0.25, 0.3) is 0 Å². The van der Waals surface area contributed by atoms with E-state index in [0.29, 0.717) is 25.8 Å². The maximum absolute atomic E-state index is 11.2. The third-order valence-corrected chi connectivity index (χ3v) is 3.83. The van der Waals surface area contributed by atoms with Crippen LogP contribution in [0.2, 0.25) is 0 Å². The number of carbonyl (C=O) groups is 1. The predicted octanol–water partition coefficient (Wildman–Crippen LogP) is 1.96. The second kappa shape index (κ2) is 6.74. The highest BCUT2D eigenvalue weighted by Crippen LogP contribution is 2.28. The molecule has 0 bridgehead atoms. The molecule has 1 aromatic carbocycles.